The van der Waals surface area contributed by atoms with Gasteiger partial charge in [0.25, 0.3) is 0 Å². The molecule has 1 fully saturated rings. The van der Waals surface area contributed by atoms with E-state index in [1.54, 1.807) is 0 Å². The molecule has 3 N–H and O–H groups in total. The third-order valence-electron chi connectivity index (χ3n) is 9.31. The van der Waals surface area contributed by atoms with E-state index in [0.29, 0.717) is 56.5 Å². The number of ether oxygens (including phenoxy) is 4. The van der Waals surface area contributed by atoms with Crippen LogP contribution in [0.1, 0.15) is 57.8 Å². The highest BCUT2D eigenvalue weighted by molar-refractivity contribution is 7.89. The lowest BCUT2D eigenvalue weighted by atomic mass is 9.86. The van der Waals surface area contributed by atoms with Gasteiger partial charge in [-0.2, -0.15) is 8.78 Å². The monoisotopic (exact) mass is 807 g/mol. The summed E-state index contributed by atoms with van der Waals surface area (Å²) in [4.78, 5) is 26.1. The van der Waals surface area contributed by atoms with E-state index in [0.717, 1.165) is 49.2 Å². The van der Waals surface area contributed by atoms with Gasteiger partial charge in [-0.1, -0.05) is 43.2 Å². The van der Waals surface area contributed by atoms with Gasteiger partial charge in [-0.3, -0.25) is 9.59 Å². The number of ketones is 1. The summed E-state index contributed by atoms with van der Waals surface area (Å²) in [7, 11) is -4.35. The van der Waals surface area contributed by atoms with Crippen molar-refractivity contribution in [3.8, 4) is 17.2 Å². The molecule has 1 heterocycles. The van der Waals surface area contributed by atoms with Crippen LogP contribution in [-0.4, -0.2) is 88.4 Å². The molecule has 16 heteroatoms. The minimum atomic E-state index is -4.35. The van der Waals surface area contributed by atoms with Gasteiger partial charge in [-0.05, 0) is 68.5 Å². The Morgan fingerprint density at radius 2 is 1.55 bits per heavy atom. The predicted octanol–water partition coefficient (Wildman–Crippen LogP) is 6.46. The molecular weight excluding hydrogens is 760 g/mol. The van der Waals surface area contributed by atoms with E-state index in [4.69, 9.17) is 25.8 Å². The number of rotatable bonds is 22. The number of benzene rings is 3. The Balaban J connectivity index is 1.09. The topological polar surface area (TPSA) is 153 Å². The first-order valence-corrected chi connectivity index (χ1v) is 20.6. The van der Waals surface area contributed by atoms with E-state index >= 15 is 0 Å². The predicted molar refractivity (Wildman–Crippen MR) is 203 cm³/mol. The van der Waals surface area contributed by atoms with Gasteiger partial charge in [0.15, 0.2) is 11.5 Å². The third-order valence-corrected chi connectivity index (χ3v) is 11.1. The number of carbonyl (C=O) groups excluding carboxylic acids is 2. The fourth-order valence-electron chi connectivity index (χ4n) is 6.53. The molecule has 55 heavy (non-hydrogen) atoms. The molecule has 0 radical (unpaired) electrons. The Labute approximate surface area is 325 Å². The Hall–Kier alpha value is -3.86. The number of hydrogen-bond acceptors (Lipinski definition) is 10. The number of unbranched alkanes of at least 4 members (excludes halogenated alkanes) is 3. The first kappa shape index (κ1) is 42.3. The number of halogens is 3. The number of sulfonamides is 1. The molecule has 300 valence electrons. The highest BCUT2D eigenvalue weighted by atomic mass is 35.5. The van der Waals surface area contributed by atoms with Crippen molar-refractivity contribution in [2.24, 2.45) is 0 Å². The van der Waals surface area contributed by atoms with Gasteiger partial charge in [-0.25, -0.2) is 13.1 Å². The maximum absolute atomic E-state index is 14.8. The van der Waals surface area contributed by atoms with Gasteiger partial charge in [0.05, 0.1) is 54.3 Å². The van der Waals surface area contributed by atoms with Gasteiger partial charge in [0, 0.05) is 37.9 Å². The van der Waals surface area contributed by atoms with Crippen molar-refractivity contribution in [3.63, 3.8) is 0 Å². The summed E-state index contributed by atoms with van der Waals surface area (Å²) in [6.07, 6.45) is -1.27. The van der Waals surface area contributed by atoms with Crippen LogP contribution in [-0.2, 0) is 29.1 Å². The first-order valence-electron chi connectivity index (χ1n) is 18.5. The average Bonchev–Trinajstić information content (AvgIpc) is 3.17. The smallest absolute Gasteiger partial charge is 0.453 e. The minimum absolute atomic E-state index is 0.126. The molecule has 0 bridgehead atoms. The molecule has 1 aliphatic heterocycles. The molecule has 0 spiro atoms. The van der Waals surface area contributed by atoms with E-state index in [1.807, 2.05) is 53.4 Å². The van der Waals surface area contributed by atoms with Crippen molar-refractivity contribution >= 4 is 44.7 Å². The summed E-state index contributed by atoms with van der Waals surface area (Å²) < 4.78 is 80.9. The maximum Gasteiger partial charge on any atom is 0.461 e. The molecular formula is C39H48ClF2N3O9S. The number of amides is 1. The summed E-state index contributed by atoms with van der Waals surface area (Å²) in [5, 5.41) is 14.1. The Kier molecular flexibility index (Phi) is 15.6. The molecule has 3 atom stereocenters. The SMILES string of the molecule is O=C(CCC(=O)C(F)(F)Oc1cccc(S(=O)(=O)N[C@@H]2CCCC(N3c4ccccc4Oc4ccccc43)[C@H]2O)c1)NCCOCCOCCCCCCCl. The highest BCUT2D eigenvalue weighted by Gasteiger charge is 2.43. The summed E-state index contributed by atoms with van der Waals surface area (Å²) in [5.74, 6) is -0.967. The lowest BCUT2D eigenvalue weighted by molar-refractivity contribution is -0.190. The van der Waals surface area contributed by atoms with E-state index < -0.39 is 69.5 Å². The van der Waals surface area contributed by atoms with Crippen molar-refractivity contribution in [3.05, 3.63) is 72.8 Å². The molecule has 2 aliphatic rings. The van der Waals surface area contributed by atoms with Crippen molar-refractivity contribution in [1.29, 1.82) is 0 Å². The van der Waals surface area contributed by atoms with E-state index in [1.165, 1.54) is 12.1 Å². The molecule has 1 amide bonds. The van der Waals surface area contributed by atoms with Crippen LogP contribution in [0.4, 0.5) is 20.2 Å². The zero-order valence-corrected chi connectivity index (χ0v) is 32.0. The summed E-state index contributed by atoms with van der Waals surface area (Å²) in [6, 6.07) is 17.7. The van der Waals surface area contributed by atoms with Gasteiger partial charge >= 0.3 is 6.11 Å². The first-order chi connectivity index (χ1) is 26.5. The number of alkyl halides is 3. The molecule has 1 saturated carbocycles. The van der Waals surface area contributed by atoms with Crippen LogP contribution in [0.15, 0.2) is 77.7 Å². The van der Waals surface area contributed by atoms with Crippen molar-refractivity contribution < 1.29 is 50.8 Å². The van der Waals surface area contributed by atoms with Gasteiger partial charge in [-0.15, -0.1) is 11.6 Å². The number of nitrogens with one attached hydrogen (secondary N) is 2. The number of nitrogens with zero attached hydrogens (tertiary/aromatic N) is 1. The average molecular weight is 808 g/mol. The fourth-order valence-corrected chi connectivity index (χ4v) is 8.04. The molecule has 3 aromatic rings. The number of aliphatic hydroxyl groups excluding tert-OH is 1. The zero-order valence-electron chi connectivity index (χ0n) is 30.5. The van der Waals surface area contributed by atoms with E-state index in [2.05, 4.69) is 14.8 Å². The standard InChI is InChI=1S/C39H48ClF2N3O9S/c40-21-7-1-2-8-23-51-25-26-52-24-22-43-37(47)20-19-36(46)39(41,42)54-28-11-9-12-29(27-28)55(49,50)44-30-13-10-16-33(38(30)48)45-31-14-3-5-17-34(31)53-35-18-6-4-15-32(35)45/h3-6,9,11-12,14-15,17-18,27,30,33,38,44,48H,1-2,7-8,10,13,16,19-26H2,(H,43,47)/t30-,33?,38+/m1/s1. The Morgan fingerprint density at radius 3 is 2.25 bits per heavy atom. The lowest BCUT2D eigenvalue weighted by Crippen LogP contribution is -2.56. The highest BCUT2D eigenvalue weighted by Crippen LogP contribution is 2.49. The number of anilines is 2. The number of aliphatic hydroxyl groups is 1. The van der Waals surface area contributed by atoms with Crippen LogP contribution in [0, 0.1) is 0 Å². The quantitative estimate of drug-likeness (QED) is 0.0762. The second-order valence-corrected chi connectivity index (χ2v) is 15.4. The number of hydrogen-bond donors (Lipinski definition) is 3. The largest absolute Gasteiger partial charge is 0.461 e. The fraction of sp³-hybridized carbons (Fsp3) is 0.487. The number of Topliss-reactive ketones (excluding diaryl/α,β-unsaturated/α-hetero) is 1. The third kappa shape index (κ3) is 11.8. The van der Waals surface area contributed by atoms with E-state index in [-0.39, 0.29) is 13.2 Å². The molecule has 12 nitrogen and oxygen atoms in total. The van der Waals surface area contributed by atoms with Crippen LogP contribution in [0.2, 0.25) is 0 Å². The van der Waals surface area contributed by atoms with Crippen LogP contribution >= 0.6 is 11.6 Å². The Bertz CT molecular complexity index is 1790. The molecule has 1 unspecified atom stereocenters. The number of para-hydroxylation sites is 4. The molecule has 1 aliphatic carbocycles. The van der Waals surface area contributed by atoms with Crippen LogP contribution in [0.25, 0.3) is 0 Å². The molecule has 5 rings (SSSR count). The normalized spacial score (nSPS) is 18.2. The van der Waals surface area contributed by atoms with Gasteiger partial charge in [0.2, 0.25) is 21.7 Å². The Morgan fingerprint density at radius 1 is 0.873 bits per heavy atom. The lowest BCUT2D eigenvalue weighted by Gasteiger charge is -2.44. The summed E-state index contributed by atoms with van der Waals surface area (Å²) in [6.45, 7) is 1.68. The summed E-state index contributed by atoms with van der Waals surface area (Å²) >= 11 is 5.65. The minimum Gasteiger partial charge on any atom is -0.453 e. The van der Waals surface area contributed by atoms with Gasteiger partial charge in [0.1, 0.15) is 5.75 Å². The molecule has 3 aromatic carbocycles. The molecule has 0 saturated heterocycles. The van der Waals surface area contributed by atoms with Crippen LogP contribution in [0.5, 0.6) is 17.2 Å². The number of fused-ring (bicyclic) bond motifs is 2. The van der Waals surface area contributed by atoms with Crippen LogP contribution < -0.4 is 24.4 Å². The second kappa shape index (κ2) is 20.3. The van der Waals surface area contributed by atoms with E-state index in [9.17, 15) is 31.9 Å². The summed E-state index contributed by atoms with van der Waals surface area (Å²) in [5.41, 5.74) is 1.47. The molecule has 0 aromatic heterocycles. The number of carbonyl (C=O) groups is 2. The second-order valence-electron chi connectivity index (χ2n) is 13.3. The van der Waals surface area contributed by atoms with Crippen molar-refractivity contribution in [1.82, 2.24) is 10.0 Å². The van der Waals surface area contributed by atoms with Gasteiger partial charge < -0.3 is 34.3 Å². The zero-order chi connectivity index (χ0) is 39.3. The van der Waals surface area contributed by atoms with Crippen molar-refractivity contribution in [2.45, 2.75) is 87.0 Å². The van der Waals surface area contributed by atoms with Crippen LogP contribution in [0.3, 0.4) is 0 Å². The maximum atomic E-state index is 14.8. The van der Waals surface area contributed by atoms with Crippen molar-refractivity contribution in [2.75, 3.05) is 43.8 Å².